The van der Waals surface area contributed by atoms with Crippen LogP contribution in [0.15, 0.2) is 48.5 Å². The molecule has 0 aromatic heterocycles. The molecule has 3 N–H and O–H groups in total. The maximum Gasteiger partial charge on any atom is 0.408 e. The van der Waals surface area contributed by atoms with Gasteiger partial charge in [-0.2, -0.15) is 0 Å². The van der Waals surface area contributed by atoms with Crippen LogP contribution in [-0.4, -0.2) is 31.1 Å². The predicted octanol–water partition coefficient (Wildman–Crippen LogP) is 3.45. The molecule has 0 saturated heterocycles. The van der Waals surface area contributed by atoms with E-state index in [-0.39, 0.29) is 18.1 Å². The van der Waals surface area contributed by atoms with Gasteiger partial charge in [-0.05, 0) is 29.7 Å². The lowest BCUT2D eigenvalue weighted by atomic mass is 9.99. The third-order valence-electron chi connectivity index (χ3n) is 4.69. The fraction of sp³-hybridized carbons (Fsp3) is 0.318. The van der Waals surface area contributed by atoms with Crippen LogP contribution in [0, 0.1) is 5.92 Å². The third-order valence-corrected chi connectivity index (χ3v) is 4.92. The smallest absolute Gasteiger partial charge is 0.408 e. The zero-order chi connectivity index (χ0) is 22.8. The highest BCUT2D eigenvalue weighted by Crippen LogP contribution is 2.22. The molecule has 2 aromatic carbocycles. The van der Waals surface area contributed by atoms with Gasteiger partial charge >= 0.3 is 6.09 Å². The van der Waals surface area contributed by atoms with E-state index >= 15 is 0 Å². The van der Waals surface area contributed by atoms with Crippen molar-refractivity contribution < 1.29 is 23.9 Å². The highest BCUT2D eigenvalue weighted by Gasteiger charge is 2.27. The van der Waals surface area contributed by atoms with Crippen LogP contribution in [-0.2, 0) is 16.1 Å². The first-order valence-electron chi connectivity index (χ1n) is 9.76. The molecule has 0 spiro atoms. The Hall–Kier alpha value is -3.26. The molecule has 166 valence electrons. The molecule has 0 unspecified atom stereocenters. The second-order valence-electron chi connectivity index (χ2n) is 6.86. The lowest BCUT2D eigenvalue weighted by Gasteiger charge is -2.23. The van der Waals surface area contributed by atoms with Crippen LogP contribution in [0.3, 0.4) is 0 Å². The highest BCUT2D eigenvalue weighted by atomic mass is 35.5. The number of hydrogen-bond donors (Lipinski definition) is 3. The number of ether oxygens (including phenoxy) is 2. The van der Waals surface area contributed by atoms with Gasteiger partial charge in [-0.1, -0.05) is 62.2 Å². The Labute approximate surface area is 186 Å². The first kappa shape index (κ1) is 24.0. The monoisotopic (exact) mass is 447 g/mol. The van der Waals surface area contributed by atoms with Gasteiger partial charge in [0.05, 0.1) is 12.7 Å². The molecule has 0 radical (unpaired) electrons. The number of rotatable bonds is 8. The number of hydrogen-bond acceptors (Lipinski definition) is 5. The van der Waals surface area contributed by atoms with Crippen molar-refractivity contribution in [2.45, 2.75) is 32.9 Å². The summed E-state index contributed by atoms with van der Waals surface area (Å²) >= 11 is 5.94. The quantitative estimate of drug-likeness (QED) is 0.537. The minimum Gasteiger partial charge on any atom is -0.496 e. The first-order valence-corrected chi connectivity index (χ1v) is 10.1. The summed E-state index contributed by atoms with van der Waals surface area (Å²) in [4.78, 5) is 37.3. The van der Waals surface area contributed by atoms with E-state index in [2.05, 4.69) is 16.2 Å². The molecule has 31 heavy (non-hydrogen) atoms. The Morgan fingerprint density at radius 1 is 1.06 bits per heavy atom. The van der Waals surface area contributed by atoms with Crippen molar-refractivity contribution in [1.82, 2.24) is 16.2 Å². The van der Waals surface area contributed by atoms with Crippen molar-refractivity contribution in [1.29, 1.82) is 0 Å². The Bertz CT molecular complexity index is 907. The van der Waals surface area contributed by atoms with Crippen LogP contribution in [0.25, 0.3) is 0 Å². The van der Waals surface area contributed by atoms with E-state index in [4.69, 9.17) is 21.1 Å². The summed E-state index contributed by atoms with van der Waals surface area (Å²) in [6.45, 7) is 3.77. The van der Waals surface area contributed by atoms with E-state index in [0.29, 0.717) is 17.2 Å². The first-order chi connectivity index (χ1) is 14.8. The Kier molecular flexibility index (Phi) is 9.14. The normalized spacial score (nSPS) is 12.3. The van der Waals surface area contributed by atoms with Crippen LogP contribution in [0.1, 0.15) is 36.2 Å². The zero-order valence-electron chi connectivity index (χ0n) is 17.6. The van der Waals surface area contributed by atoms with Crippen LogP contribution < -0.4 is 20.9 Å². The number of carbonyl (C=O) groups excluding carboxylic acids is 3. The SMILES string of the molecule is CC[C@@H](C)[C@H](NC(=O)OCc1ccccc1)C(=O)NNC(=O)c1cc(Cl)ccc1OC. The summed E-state index contributed by atoms with van der Waals surface area (Å²) in [5.74, 6) is -1.10. The molecule has 3 amide bonds. The Morgan fingerprint density at radius 2 is 1.77 bits per heavy atom. The number of methoxy groups -OCH3 is 1. The number of nitrogens with one attached hydrogen (secondary N) is 3. The predicted molar refractivity (Wildman–Crippen MR) is 117 cm³/mol. The van der Waals surface area contributed by atoms with Gasteiger partial charge in [-0.15, -0.1) is 0 Å². The van der Waals surface area contributed by atoms with Crippen molar-refractivity contribution >= 4 is 29.5 Å². The van der Waals surface area contributed by atoms with Crippen molar-refractivity contribution in [3.8, 4) is 5.75 Å². The highest BCUT2D eigenvalue weighted by molar-refractivity contribution is 6.31. The fourth-order valence-corrected chi connectivity index (χ4v) is 2.89. The van der Waals surface area contributed by atoms with Crippen LogP contribution in [0.2, 0.25) is 5.02 Å². The van der Waals surface area contributed by atoms with Crippen LogP contribution in [0.5, 0.6) is 5.75 Å². The minimum absolute atomic E-state index is 0.0762. The Balaban J connectivity index is 1.97. The van der Waals surface area contributed by atoms with E-state index in [1.807, 2.05) is 44.2 Å². The number of alkyl carbamates (subject to hydrolysis) is 1. The molecule has 8 nitrogen and oxygen atoms in total. The van der Waals surface area contributed by atoms with Crippen molar-refractivity contribution in [2.75, 3.05) is 7.11 Å². The largest absolute Gasteiger partial charge is 0.496 e. The van der Waals surface area contributed by atoms with Gasteiger partial charge in [0.2, 0.25) is 0 Å². The molecule has 0 bridgehead atoms. The zero-order valence-corrected chi connectivity index (χ0v) is 18.4. The van der Waals surface area contributed by atoms with Crippen molar-refractivity contribution in [3.63, 3.8) is 0 Å². The molecule has 0 saturated carbocycles. The Morgan fingerprint density at radius 3 is 2.42 bits per heavy atom. The summed E-state index contributed by atoms with van der Waals surface area (Å²) in [5.41, 5.74) is 5.64. The van der Waals surface area contributed by atoms with Gasteiger partial charge in [0.25, 0.3) is 11.8 Å². The number of hydrazine groups is 1. The van der Waals surface area contributed by atoms with Gasteiger partial charge in [0, 0.05) is 5.02 Å². The molecule has 2 aromatic rings. The lowest BCUT2D eigenvalue weighted by molar-refractivity contribution is -0.125. The molecule has 0 aliphatic carbocycles. The summed E-state index contributed by atoms with van der Waals surface area (Å²) in [7, 11) is 1.42. The van der Waals surface area contributed by atoms with Gasteiger partial charge in [-0.3, -0.25) is 20.4 Å². The van der Waals surface area contributed by atoms with Crippen molar-refractivity contribution in [3.05, 3.63) is 64.7 Å². The summed E-state index contributed by atoms with van der Waals surface area (Å²) < 4.78 is 10.3. The van der Waals surface area contributed by atoms with Gasteiger partial charge in [-0.25, -0.2) is 4.79 Å². The average Bonchev–Trinajstić information content (AvgIpc) is 2.79. The summed E-state index contributed by atoms with van der Waals surface area (Å²) in [6, 6.07) is 12.8. The second kappa shape index (κ2) is 11.8. The minimum atomic E-state index is -0.908. The lowest BCUT2D eigenvalue weighted by Crippen LogP contribution is -2.54. The van der Waals surface area contributed by atoms with E-state index in [1.165, 1.54) is 13.2 Å². The summed E-state index contributed by atoms with van der Waals surface area (Å²) in [5, 5.41) is 2.91. The van der Waals surface area contributed by atoms with Crippen LogP contribution >= 0.6 is 11.6 Å². The van der Waals surface area contributed by atoms with Gasteiger partial charge in [0.15, 0.2) is 0 Å². The standard InChI is InChI=1S/C22H26ClN3O5/c1-4-14(2)19(24-22(29)31-13-15-8-6-5-7-9-15)21(28)26-25-20(27)17-12-16(23)10-11-18(17)30-3/h5-12,14,19H,4,13H2,1-3H3,(H,24,29)(H,25,27)(H,26,28)/t14-,19+/m1/s1. The molecule has 0 heterocycles. The third kappa shape index (κ3) is 7.18. The van der Waals surface area contributed by atoms with Gasteiger partial charge < -0.3 is 14.8 Å². The van der Waals surface area contributed by atoms with E-state index in [0.717, 1.165) is 5.56 Å². The molecule has 0 aliphatic heterocycles. The number of halogens is 1. The van der Waals surface area contributed by atoms with Gasteiger partial charge in [0.1, 0.15) is 18.4 Å². The number of amides is 3. The van der Waals surface area contributed by atoms with E-state index < -0.39 is 23.9 Å². The maximum atomic E-state index is 12.7. The number of benzene rings is 2. The van der Waals surface area contributed by atoms with E-state index in [9.17, 15) is 14.4 Å². The summed E-state index contributed by atoms with van der Waals surface area (Å²) in [6.07, 6.45) is -0.111. The fourth-order valence-electron chi connectivity index (χ4n) is 2.71. The molecule has 2 rings (SSSR count). The molecule has 9 heteroatoms. The second-order valence-corrected chi connectivity index (χ2v) is 7.29. The molecule has 0 aliphatic rings. The topological polar surface area (TPSA) is 106 Å². The molecular weight excluding hydrogens is 422 g/mol. The molecule has 2 atom stereocenters. The molecule has 0 fully saturated rings. The van der Waals surface area contributed by atoms with E-state index in [1.54, 1.807) is 12.1 Å². The maximum absolute atomic E-state index is 12.7. The molecular formula is C22H26ClN3O5. The number of carbonyl (C=O) groups is 3. The average molecular weight is 448 g/mol. The van der Waals surface area contributed by atoms with Crippen LogP contribution in [0.4, 0.5) is 4.79 Å². The van der Waals surface area contributed by atoms with Crippen molar-refractivity contribution in [2.24, 2.45) is 5.92 Å².